The van der Waals surface area contributed by atoms with E-state index in [1.807, 2.05) is 0 Å². The lowest BCUT2D eigenvalue weighted by Crippen LogP contribution is -2.15. The highest BCUT2D eigenvalue weighted by Crippen LogP contribution is 2.39. The molecule has 0 aliphatic heterocycles. The summed E-state index contributed by atoms with van der Waals surface area (Å²) in [5.41, 5.74) is -0.235. The molecule has 0 aliphatic rings. The van der Waals surface area contributed by atoms with Gasteiger partial charge in [-0.05, 0) is 60.7 Å². The van der Waals surface area contributed by atoms with Crippen molar-refractivity contribution in [1.82, 2.24) is 30.0 Å². The number of rotatable bonds is 12. The van der Waals surface area contributed by atoms with Gasteiger partial charge in [0.15, 0.2) is 11.5 Å². The standard InChI is InChI=1S/C40H24N6O16S4/c47-39(21-7-3-1-4-8-21)59-33-20-32(46-42-30-14-12-26-28(38(30)44-46)16-24(65(53,54)55)18-36(26)66(56,57)58)34(60-40(48)22-9-5-2-6-10-22)19-31(33)45-41-29-13-11-25-27(37(29)43-45)15-23(64(50,51)52)17-35(25)63-62-61-49/h1-20,49H,(H,50,51,52)(H,53,54,55)(H,56,57,58). The third-order valence-electron chi connectivity index (χ3n) is 9.76. The van der Waals surface area contributed by atoms with Crippen LogP contribution in [0.15, 0.2) is 141 Å². The molecule has 0 saturated heterocycles. The second-order valence-corrected chi connectivity index (χ2v) is 18.8. The van der Waals surface area contributed by atoms with E-state index in [4.69, 9.17) is 14.7 Å². The van der Waals surface area contributed by atoms with Crippen LogP contribution >= 0.6 is 12.0 Å². The van der Waals surface area contributed by atoms with Gasteiger partial charge in [0, 0.05) is 38.6 Å². The summed E-state index contributed by atoms with van der Waals surface area (Å²) in [5.74, 6) is -2.46. The topological polar surface area (TPSA) is 316 Å². The lowest BCUT2D eigenvalue weighted by Gasteiger charge is -2.15. The second-order valence-electron chi connectivity index (χ2n) is 13.8. The van der Waals surface area contributed by atoms with Crippen molar-refractivity contribution in [2.75, 3.05) is 0 Å². The first kappa shape index (κ1) is 44.0. The Morgan fingerprint density at radius 2 is 0.970 bits per heavy atom. The number of benzene rings is 7. The van der Waals surface area contributed by atoms with Crippen LogP contribution in [0.3, 0.4) is 0 Å². The summed E-state index contributed by atoms with van der Waals surface area (Å²) < 4.78 is 120. The summed E-state index contributed by atoms with van der Waals surface area (Å²) in [6.07, 6.45) is 0. The van der Waals surface area contributed by atoms with E-state index >= 15 is 0 Å². The number of nitrogens with zero attached hydrogens (tertiary/aromatic N) is 6. The molecule has 7 aromatic carbocycles. The maximum absolute atomic E-state index is 13.8. The maximum atomic E-state index is 13.8. The van der Waals surface area contributed by atoms with Gasteiger partial charge in [-0.15, -0.1) is 34.3 Å². The fraction of sp³-hybridized carbons (Fsp3) is 0. The van der Waals surface area contributed by atoms with Crippen LogP contribution in [0.4, 0.5) is 0 Å². The third kappa shape index (κ3) is 8.42. The number of esters is 2. The smallest absolute Gasteiger partial charge is 0.343 e. The lowest BCUT2D eigenvalue weighted by atomic mass is 10.1. The van der Waals surface area contributed by atoms with E-state index in [0.717, 1.165) is 27.8 Å². The molecule has 2 aromatic heterocycles. The molecular formula is C40H24N6O16S4. The van der Waals surface area contributed by atoms with Gasteiger partial charge in [0.2, 0.25) is 0 Å². The molecule has 0 fully saturated rings. The molecule has 0 radical (unpaired) electrons. The van der Waals surface area contributed by atoms with Crippen LogP contribution < -0.4 is 9.47 Å². The van der Waals surface area contributed by atoms with Crippen LogP contribution in [-0.4, -0.2) is 86.1 Å². The molecular weight excluding hydrogens is 949 g/mol. The van der Waals surface area contributed by atoms with Gasteiger partial charge in [0.1, 0.15) is 38.3 Å². The minimum Gasteiger partial charge on any atom is -0.420 e. The first-order chi connectivity index (χ1) is 31.4. The monoisotopic (exact) mass is 972 g/mol. The molecule has 0 unspecified atom stereocenters. The lowest BCUT2D eigenvalue weighted by molar-refractivity contribution is -0.432. The third-order valence-corrected chi connectivity index (χ3v) is 13.0. The van der Waals surface area contributed by atoms with Crippen molar-refractivity contribution in [3.63, 3.8) is 0 Å². The van der Waals surface area contributed by atoms with Gasteiger partial charge >= 0.3 is 11.9 Å². The van der Waals surface area contributed by atoms with Gasteiger partial charge < -0.3 is 9.47 Å². The van der Waals surface area contributed by atoms with Gasteiger partial charge in [-0.2, -0.15) is 25.3 Å². The average Bonchev–Trinajstić information content (AvgIpc) is 3.93. The minimum absolute atomic E-state index is 0.00636. The van der Waals surface area contributed by atoms with Crippen LogP contribution in [-0.2, 0) is 39.7 Å². The zero-order chi connectivity index (χ0) is 46.7. The predicted molar refractivity (Wildman–Crippen MR) is 229 cm³/mol. The molecule has 9 rings (SSSR count). The van der Waals surface area contributed by atoms with E-state index < -0.39 is 57.0 Å². The van der Waals surface area contributed by atoms with Gasteiger partial charge in [0.25, 0.3) is 30.4 Å². The number of fused-ring (bicyclic) bond motifs is 6. The number of carbonyl (C=O) groups excluding carboxylic acids is 2. The molecule has 26 heteroatoms. The molecule has 9 aromatic rings. The largest absolute Gasteiger partial charge is 0.420 e. The highest BCUT2D eigenvalue weighted by atomic mass is 32.2. The quantitative estimate of drug-likeness (QED) is 0.0270. The van der Waals surface area contributed by atoms with Crippen molar-refractivity contribution < 1.29 is 72.6 Å². The van der Waals surface area contributed by atoms with Gasteiger partial charge in [0.05, 0.1) is 33.0 Å². The van der Waals surface area contributed by atoms with Crippen molar-refractivity contribution >= 4 is 97.9 Å². The van der Waals surface area contributed by atoms with E-state index in [1.165, 1.54) is 60.7 Å². The molecule has 0 amide bonds. The molecule has 0 atom stereocenters. The Hall–Kier alpha value is -7.24. The summed E-state index contributed by atoms with van der Waals surface area (Å²) in [5, 5.41) is 30.6. The highest BCUT2D eigenvalue weighted by Gasteiger charge is 2.27. The average molecular weight is 973 g/mol. The Morgan fingerprint density at radius 1 is 0.515 bits per heavy atom. The van der Waals surface area contributed by atoms with Gasteiger partial charge in [-0.1, -0.05) is 53.6 Å². The summed E-state index contributed by atoms with van der Waals surface area (Å²) in [6, 6.07) is 27.0. The minimum atomic E-state index is -5.09. The Balaban J connectivity index is 1.31. The van der Waals surface area contributed by atoms with E-state index in [1.54, 1.807) is 36.4 Å². The molecule has 334 valence electrons. The molecule has 0 saturated carbocycles. The Bertz CT molecular complexity index is 3830. The number of hydrogen-bond donors (Lipinski definition) is 4. The molecule has 0 spiro atoms. The summed E-state index contributed by atoms with van der Waals surface area (Å²) >= 11 is 0.411. The zero-order valence-electron chi connectivity index (χ0n) is 32.6. The maximum Gasteiger partial charge on any atom is 0.343 e. The molecule has 22 nitrogen and oxygen atoms in total. The van der Waals surface area contributed by atoms with Crippen molar-refractivity contribution in [1.29, 1.82) is 0 Å². The van der Waals surface area contributed by atoms with Gasteiger partial charge in [-0.25, -0.2) is 14.8 Å². The molecule has 66 heavy (non-hydrogen) atoms. The first-order valence-corrected chi connectivity index (χ1v) is 23.4. The summed E-state index contributed by atoms with van der Waals surface area (Å²) in [4.78, 5) is 27.1. The van der Waals surface area contributed by atoms with Crippen molar-refractivity contribution in [3.05, 3.63) is 132 Å². The number of ether oxygens (including phenoxy) is 2. The van der Waals surface area contributed by atoms with E-state index in [-0.39, 0.29) is 77.1 Å². The van der Waals surface area contributed by atoms with Crippen LogP contribution in [0.25, 0.3) is 55.0 Å². The summed E-state index contributed by atoms with van der Waals surface area (Å²) in [7, 11) is -15.0. The SMILES string of the molecule is O=C(Oc1cc(-n2nc3ccc4c(S(=O)(=O)O)cc(S(=O)(=O)O)cc4c3n2)c(OC(=O)c2ccccc2)cc1-n1nc2ccc3c(SOOO)cc(S(=O)(=O)O)cc3c2n1)c1ccccc1. The number of carbonyl (C=O) groups is 2. The molecule has 0 aliphatic carbocycles. The fourth-order valence-corrected chi connectivity index (χ4v) is 9.33. The summed E-state index contributed by atoms with van der Waals surface area (Å²) in [6.45, 7) is 0. The van der Waals surface area contributed by atoms with Crippen LogP contribution in [0.2, 0.25) is 0 Å². The number of aromatic nitrogens is 6. The van der Waals surface area contributed by atoms with Crippen LogP contribution in [0.5, 0.6) is 11.5 Å². The highest BCUT2D eigenvalue weighted by molar-refractivity contribution is 7.94. The predicted octanol–water partition coefficient (Wildman–Crippen LogP) is 6.07. The van der Waals surface area contributed by atoms with E-state index in [9.17, 15) is 48.5 Å². The Labute approximate surface area is 373 Å². The van der Waals surface area contributed by atoms with Crippen LogP contribution in [0.1, 0.15) is 20.7 Å². The van der Waals surface area contributed by atoms with Crippen molar-refractivity contribution in [2.24, 2.45) is 0 Å². The Kier molecular flexibility index (Phi) is 11.1. The van der Waals surface area contributed by atoms with Crippen molar-refractivity contribution in [2.45, 2.75) is 19.6 Å². The second kappa shape index (κ2) is 16.6. The van der Waals surface area contributed by atoms with E-state index in [0.29, 0.717) is 23.5 Å². The van der Waals surface area contributed by atoms with Crippen molar-refractivity contribution in [3.8, 4) is 22.9 Å². The van der Waals surface area contributed by atoms with Crippen LogP contribution in [0, 0.1) is 0 Å². The molecule has 0 bridgehead atoms. The normalized spacial score (nSPS) is 12.3. The fourth-order valence-electron chi connectivity index (χ4n) is 6.83. The molecule has 2 heterocycles. The first-order valence-electron chi connectivity index (χ1n) is 18.4. The number of hydrogen-bond acceptors (Lipinski definition) is 18. The zero-order valence-corrected chi connectivity index (χ0v) is 35.8. The van der Waals surface area contributed by atoms with E-state index in [2.05, 4.69) is 29.8 Å². The van der Waals surface area contributed by atoms with Gasteiger partial charge in [-0.3, -0.25) is 13.7 Å². The Morgan fingerprint density at radius 3 is 1.42 bits per heavy atom. The molecule has 4 N–H and O–H groups in total.